The number of amides is 1. The number of benzene rings is 1. The number of hydrogen-bond donors (Lipinski definition) is 1. The van der Waals surface area contributed by atoms with Gasteiger partial charge in [-0.05, 0) is 49.5 Å². The first kappa shape index (κ1) is 17.9. The van der Waals surface area contributed by atoms with Crippen molar-refractivity contribution in [2.75, 3.05) is 19.6 Å². The van der Waals surface area contributed by atoms with Gasteiger partial charge in [-0.3, -0.25) is 19.1 Å². The molecule has 1 amide bonds. The second-order valence-corrected chi connectivity index (χ2v) is 7.73. The van der Waals surface area contributed by atoms with Crippen LogP contribution in [-0.4, -0.2) is 40.0 Å². The first-order valence-corrected chi connectivity index (χ1v) is 10.1. The number of carbonyl (C=O) groups is 1. The monoisotopic (exact) mass is 382 g/mol. The lowest BCUT2D eigenvalue weighted by molar-refractivity contribution is -0.121. The lowest BCUT2D eigenvalue weighted by atomic mass is 10.2. The Hall–Kier alpha value is -2.51. The van der Waals surface area contributed by atoms with Crippen LogP contribution in [0.5, 0.6) is 0 Å². The highest BCUT2D eigenvalue weighted by atomic mass is 32.1. The van der Waals surface area contributed by atoms with Gasteiger partial charge in [0.2, 0.25) is 5.91 Å². The molecular formula is C20H22N4O2S. The minimum atomic E-state index is -0.266. The smallest absolute Gasteiger partial charge is 0.269 e. The minimum absolute atomic E-state index is 0.000965. The quantitative estimate of drug-likeness (QED) is 0.711. The van der Waals surface area contributed by atoms with E-state index in [1.54, 1.807) is 11.3 Å². The lowest BCUT2D eigenvalue weighted by Crippen LogP contribution is -2.39. The molecule has 1 atom stereocenters. The number of carbonyl (C=O) groups excluding carboxylic acids is 1. The average Bonchev–Trinajstić information content (AvgIpc) is 3.39. The molecule has 0 saturated carbocycles. The van der Waals surface area contributed by atoms with E-state index in [1.165, 1.54) is 28.5 Å². The van der Waals surface area contributed by atoms with Crippen molar-refractivity contribution in [3.63, 3.8) is 0 Å². The summed E-state index contributed by atoms with van der Waals surface area (Å²) in [7, 11) is 0. The van der Waals surface area contributed by atoms with Gasteiger partial charge >= 0.3 is 0 Å². The second kappa shape index (κ2) is 8.02. The Morgan fingerprint density at radius 1 is 1.19 bits per heavy atom. The van der Waals surface area contributed by atoms with E-state index >= 15 is 0 Å². The molecular weight excluding hydrogens is 360 g/mol. The van der Waals surface area contributed by atoms with Crippen LogP contribution in [0.25, 0.3) is 11.0 Å². The summed E-state index contributed by atoms with van der Waals surface area (Å²) in [5.74, 6) is -0.158. The van der Waals surface area contributed by atoms with E-state index in [2.05, 4.69) is 26.6 Å². The Morgan fingerprint density at radius 3 is 2.78 bits per heavy atom. The summed E-state index contributed by atoms with van der Waals surface area (Å²) in [6.45, 7) is 2.68. The summed E-state index contributed by atoms with van der Waals surface area (Å²) >= 11 is 1.72. The number of thiophene rings is 1. The predicted octanol–water partition coefficient (Wildman–Crippen LogP) is 2.41. The average molecular weight is 382 g/mol. The topological polar surface area (TPSA) is 67.2 Å². The van der Waals surface area contributed by atoms with E-state index in [4.69, 9.17) is 0 Å². The summed E-state index contributed by atoms with van der Waals surface area (Å²) in [5, 5.41) is 5.11. The molecule has 3 aromatic rings. The summed E-state index contributed by atoms with van der Waals surface area (Å²) in [5.41, 5.74) is 1.12. The summed E-state index contributed by atoms with van der Waals surface area (Å²) in [4.78, 5) is 32.6. The summed E-state index contributed by atoms with van der Waals surface area (Å²) in [6, 6.07) is 11.7. The third kappa shape index (κ3) is 3.94. The molecule has 140 valence electrons. The van der Waals surface area contributed by atoms with Gasteiger partial charge in [-0.1, -0.05) is 18.2 Å². The minimum Gasteiger partial charge on any atom is -0.353 e. The van der Waals surface area contributed by atoms with Crippen molar-refractivity contribution in [1.82, 2.24) is 19.8 Å². The molecule has 1 fully saturated rings. The number of para-hydroxylation sites is 2. The van der Waals surface area contributed by atoms with Crippen molar-refractivity contribution < 1.29 is 4.79 Å². The van der Waals surface area contributed by atoms with Crippen LogP contribution < -0.4 is 10.9 Å². The van der Waals surface area contributed by atoms with E-state index in [-0.39, 0.29) is 24.1 Å². The van der Waals surface area contributed by atoms with E-state index in [1.807, 2.05) is 30.3 Å². The molecule has 4 rings (SSSR count). The van der Waals surface area contributed by atoms with Gasteiger partial charge in [0.25, 0.3) is 5.56 Å². The van der Waals surface area contributed by atoms with Gasteiger partial charge in [-0.25, -0.2) is 4.98 Å². The van der Waals surface area contributed by atoms with Gasteiger partial charge in [-0.15, -0.1) is 11.3 Å². The zero-order valence-electron chi connectivity index (χ0n) is 15.0. The molecule has 1 aliphatic heterocycles. The maximum absolute atomic E-state index is 12.6. The van der Waals surface area contributed by atoms with Gasteiger partial charge in [0, 0.05) is 11.4 Å². The van der Waals surface area contributed by atoms with Crippen LogP contribution in [0.4, 0.5) is 0 Å². The van der Waals surface area contributed by atoms with Crippen molar-refractivity contribution in [3.05, 3.63) is 63.2 Å². The second-order valence-electron chi connectivity index (χ2n) is 6.75. The Bertz CT molecular complexity index is 977. The highest BCUT2D eigenvalue weighted by molar-refractivity contribution is 7.10. The fraction of sp³-hybridized carbons (Fsp3) is 0.350. The van der Waals surface area contributed by atoms with Crippen LogP contribution in [-0.2, 0) is 11.3 Å². The molecule has 1 aromatic carbocycles. The molecule has 3 heterocycles. The number of hydrogen-bond acceptors (Lipinski definition) is 5. The van der Waals surface area contributed by atoms with Crippen molar-refractivity contribution >= 4 is 28.3 Å². The van der Waals surface area contributed by atoms with Gasteiger partial charge in [0.05, 0.1) is 23.3 Å². The van der Waals surface area contributed by atoms with Crippen LogP contribution in [0, 0.1) is 0 Å². The van der Waals surface area contributed by atoms with Crippen LogP contribution >= 0.6 is 11.3 Å². The summed E-state index contributed by atoms with van der Waals surface area (Å²) < 4.78 is 1.48. The lowest BCUT2D eigenvalue weighted by Gasteiger charge is -2.27. The normalized spacial score (nSPS) is 15.9. The molecule has 2 aromatic heterocycles. The number of likely N-dealkylation sites (tertiary alicyclic amines) is 1. The van der Waals surface area contributed by atoms with Crippen molar-refractivity contribution in [3.8, 4) is 0 Å². The summed E-state index contributed by atoms with van der Waals surface area (Å²) in [6.07, 6.45) is 3.68. The highest BCUT2D eigenvalue weighted by Crippen LogP contribution is 2.27. The molecule has 0 aliphatic carbocycles. The Balaban J connectivity index is 1.48. The predicted molar refractivity (Wildman–Crippen MR) is 107 cm³/mol. The van der Waals surface area contributed by atoms with Gasteiger partial charge in [0.15, 0.2) is 0 Å². The molecule has 1 unspecified atom stereocenters. The van der Waals surface area contributed by atoms with Crippen LogP contribution in [0.1, 0.15) is 23.8 Å². The van der Waals surface area contributed by atoms with E-state index in [0.717, 1.165) is 13.1 Å². The van der Waals surface area contributed by atoms with Crippen LogP contribution in [0.3, 0.4) is 0 Å². The van der Waals surface area contributed by atoms with E-state index in [9.17, 15) is 9.59 Å². The van der Waals surface area contributed by atoms with Crippen molar-refractivity contribution in [2.24, 2.45) is 0 Å². The zero-order chi connectivity index (χ0) is 18.6. The Labute approximate surface area is 161 Å². The van der Waals surface area contributed by atoms with Gasteiger partial charge in [0.1, 0.15) is 6.54 Å². The SMILES string of the molecule is O=C(Cn1c(=O)cnc2ccccc21)NCC(c1cccs1)N1CCCC1. The molecule has 1 aliphatic rings. The molecule has 0 spiro atoms. The van der Waals surface area contributed by atoms with Crippen LogP contribution in [0.2, 0.25) is 0 Å². The first-order chi connectivity index (χ1) is 13.2. The number of aromatic nitrogens is 2. The highest BCUT2D eigenvalue weighted by Gasteiger charge is 2.24. The molecule has 0 bridgehead atoms. The third-order valence-corrected chi connectivity index (χ3v) is 5.97. The van der Waals surface area contributed by atoms with Gasteiger partial charge < -0.3 is 5.32 Å². The third-order valence-electron chi connectivity index (χ3n) is 5.00. The van der Waals surface area contributed by atoms with Gasteiger partial charge in [-0.2, -0.15) is 0 Å². The molecule has 7 heteroatoms. The largest absolute Gasteiger partial charge is 0.353 e. The number of nitrogens with one attached hydrogen (secondary N) is 1. The maximum Gasteiger partial charge on any atom is 0.269 e. The Morgan fingerprint density at radius 2 is 2.00 bits per heavy atom. The zero-order valence-corrected chi connectivity index (χ0v) is 15.8. The molecule has 27 heavy (non-hydrogen) atoms. The number of nitrogens with zero attached hydrogens (tertiary/aromatic N) is 3. The molecule has 1 saturated heterocycles. The van der Waals surface area contributed by atoms with E-state index in [0.29, 0.717) is 17.6 Å². The number of rotatable bonds is 6. The number of fused-ring (bicyclic) bond motifs is 1. The van der Waals surface area contributed by atoms with Crippen molar-refractivity contribution in [2.45, 2.75) is 25.4 Å². The van der Waals surface area contributed by atoms with Crippen molar-refractivity contribution in [1.29, 1.82) is 0 Å². The van der Waals surface area contributed by atoms with E-state index < -0.39 is 0 Å². The molecule has 6 nitrogen and oxygen atoms in total. The molecule has 1 N–H and O–H groups in total. The maximum atomic E-state index is 12.6. The fourth-order valence-corrected chi connectivity index (χ4v) is 4.49. The fourth-order valence-electron chi connectivity index (χ4n) is 3.63. The first-order valence-electron chi connectivity index (χ1n) is 9.21. The molecule has 0 radical (unpaired) electrons. The van der Waals surface area contributed by atoms with Crippen LogP contribution in [0.15, 0.2) is 52.8 Å². The Kier molecular flexibility index (Phi) is 5.31. The standard InChI is InChI=1S/C20H22N4O2S/c25-19(14-24-16-7-2-1-6-15(16)21-13-20(24)26)22-12-17(18-8-5-11-27-18)23-9-3-4-10-23/h1-2,5-8,11,13,17H,3-4,9-10,12,14H2,(H,22,25).